The van der Waals surface area contributed by atoms with Crippen molar-refractivity contribution in [2.24, 2.45) is 0 Å². The maximum absolute atomic E-state index is 13.2. The summed E-state index contributed by atoms with van der Waals surface area (Å²) in [5.74, 6) is -2.95. The molecule has 0 aromatic carbocycles. The number of hydrogen-bond acceptors (Lipinski definition) is 5. The van der Waals surface area contributed by atoms with Crippen LogP contribution >= 0.6 is 0 Å². The lowest BCUT2D eigenvalue weighted by Gasteiger charge is -2.27. The van der Waals surface area contributed by atoms with Gasteiger partial charge in [-0.25, -0.2) is 9.59 Å². The van der Waals surface area contributed by atoms with Gasteiger partial charge >= 0.3 is 23.5 Å². The molecule has 46 heavy (non-hydrogen) atoms. The lowest BCUT2D eigenvalue weighted by atomic mass is 9.94. The van der Waals surface area contributed by atoms with Gasteiger partial charge in [-0.15, -0.1) is 0 Å². The molecule has 1 unspecified atom stereocenters. The largest absolute Gasteiger partial charge is 0.478 e. The van der Waals surface area contributed by atoms with Crippen molar-refractivity contribution in [3.05, 3.63) is 0 Å². The zero-order chi connectivity index (χ0) is 34.0. The first-order valence-electron chi connectivity index (χ1n) is 20.1. The van der Waals surface area contributed by atoms with Gasteiger partial charge in [0.25, 0.3) is 0 Å². The predicted octanol–water partition coefficient (Wildman–Crippen LogP) is 12.4. The SMILES string of the molecule is CCCCCCCCCCCCCCCCCCCC(OC(=O)CCCCCCC)(C(=O)O)C(=O)OCCCCCCCCCC. The summed E-state index contributed by atoms with van der Waals surface area (Å²) in [7, 11) is 0. The Kier molecular flexibility index (Phi) is 32.2. The summed E-state index contributed by atoms with van der Waals surface area (Å²) >= 11 is 0. The van der Waals surface area contributed by atoms with Crippen molar-refractivity contribution in [2.75, 3.05) is 6.61 Å². The highest BCUT2D eigenvalue weighted by atomic mass is 16.6. The third kappa shape index (κ3) is 25.5. The molecule has 0 aliphatic heterocycles. The molecule has 1 atom stereocenters. The molecule has 0 aromatic rings. The Labute approximate surface area is 284 Å². The van der Waals surface area contributed by atoms with Gasteiger partial charge in [-0.3, -0.25) is 4.79 Å². The maximum atomic E-state index is 13.2. The van der Waals surface area contributed by atoms with Crippen molar-refractivity contribution >= 4 is 17.9 Å². The molecule has 0 radical (unpaired) electrons. The second kappa shape index (κ2) is 33.3. The van der Waals surface area contributed by atoms with E-state index in [1.54, 1.807) is 0 Å². The Morgan fingerprint density at radius 2 is 0.783 bits per heavy atom. The summed E-state index contributed by atoms with van der Waals surface area (Å²) in [4.78, 5) is 38.4. The number of carbonyl (C=O) groups is 3. The van der Waals surface area contributed by atoms with Gasteiger partial charge in [-0.2, -0.15) is 0 Å². The molecule has 0 fully saturated rings. The third-order valence-corrected chi connectivity index (χ3v) is 9.31. The van der Waals surface area contributed by atoms with E-state index < -0.39 is 23.5 Å². The van der Waals surface area contributed by atoms with Crippen LogP contribution in [0, 0.1) is 0 Å². The quantitative estimate of drug-likeness (QED) is 0.0411. The number of unbranched alkanes of at least 4 members (excludes halogenated alkanes) is 27. The number of esters is 2. The van der Waals surface area contributed by atoms with Gasteiger partial charge in [-0.1, -0.05) is 194 Å². The summed E-state index contributed by atoms with van der Waals surface area (Å²) in [5, 5.41) is 10.2. The predicted molar refractivity (Wildman–Crippen MR) is 192 cm³/mol. The van der Waals surface area contributed by atoms with E-state index >= 15 is 0 Å². The van der Waals surface area contributed by atoms with Crippen LogP contribution < -0.4 is 0 Å². The first-order chi connectivity index (χ1) is 22.4. The van der Waals surface area contributed by atoms with Gasteiger partial charge in [0.2, 0.25) is 0 Å². The second-order valence-electron chi connectivity index (χ2n) is 13.8. The average Bonchev–Trinajstić information content (AvgIpc) is 3.04. The van der Waals surface area contributed by atoms with Gasteiger partial charge in [0.1, 0.15) is 0 Å². The number of hydrogen-bond donors (Lipinski definition) is 1. The van der Waals surface area contributed by atoms with Crippen molar-refractivity contribution in [3.8, 4) is 0 Å². The van der Waals surface area contributed by atoms with E-state index in [4.69, 9.17) is 9.47 Å². The highest BCUT2D eigenvalue weighted by Gasteiger charge is 2.51. The lowest BCUT2D eigenvalue weighted by Crippen LogP contribution is -2.51. The Morgan fingerprint density at radius 3 is 1.15 bits per heavy atom. The normalized spacial score (nSPS) is 12.6. The lowest BCUT2D eigenvalue weighted by molar-refractivity contribution is -0.195. The standard InChI is InChI=1S/C40H76O6/c1-4-7-10-13-15-17-18-19-20-21-22-23-24-25-26-29-32-35-40(38(42)43,46-37(41)34-31-28-12-9-6-3)39(44)45-36-33-30-27-16-14-11-8-5-2/h4-36H2,1-3H3,(H,42,43). The van der Waals surface area contributed by atoms with Gasteiger partial charge in [0, 0.05) is 12.8 Å². The van der Waals surface area contributed by atoms with Crippen LogP contribution in [0.15, 0.2) is 0 Å². The molecule has 0 aromatic heterocycles. The molecule has 0 heterocycles. The Hall–Kier alpha value is -1.59. The van der Waals surface area contributed by atoms with Gasteiger partial charge in [-0.05, 0) is 19.3 Å². The zero-order valence-electron chi connectivity index (χ0n) is 30.8. The number of ether oxygens (including phenoxy) is 2. The third-order valence-electron chi connectivity index (χ3n) is 9.31. The molecule has 0 bridgehead atoms. The molecule has 0 rings (SSSR count). The van der Waals surface area contributed by atoms with E-state index in [9.17, 15) is 19.5 Å². The van der Waals surface area contributed by atoms with Gasteiger partial charge in [0.05, 0.1) is 6.61 Å². The maximum Gasteiger partial charge on any atom is 0.362 e. The Morgan fingerprint density at radius 1 is 0.457 bits per heavy atom. The first-order valence-corrected chi connectivity index (χ1v) is 20.1. The molecule has 0 saturated heterocycles. The monoisotopic (exact) mass is 653 g/mol. The summed E-state index contributed by atoms with van der Waals surface area (Å²) in [6.45, 7) is 6.77. The van der Waals surface area contributed by atoms with Gasteiger partial charge in [0.15, 0.2) is 0 Å². The molecule has 0 saturated carbocycles. The number of carboxylic acids is 1. The van der Waals surface area contributed by atoms with Crippen LogP contribution in [0.1, 0.15) is 226 Å². The number of carboxylic acid groups (broad SMARTS) is 1. The summed E-state index contributed by atoms with van der Waals surface area (Å²) in [5.41, 5.74) is -2.24. The molecular weight excluding hydrogens is 576 g/mol. The second-order valence-corrected chi connectivity index (χ2v) is 13.8. The minimum atomic E-state index is -2.24. The molecule has 0 amide bonds. The fourth-order valence-corrected chi connectivity index (χ4v) is 6.17. The molecule has 0 aliphatic rings. The van der Waals surface area contributed by atoms with E-state index in [0.29, 0.717) is 19.3 Å². The van der Waals surface area contributed by atoms with Crippen molar-refractivity contribution in [1.82, 2.24) is 0 Å². The molecular formula is C40H76O6. The highest BCUT2D eigenvalue weighted by Crippen LogP contribution is 2.25. The van der Waals surface area contributed by atoms with E-state index in [0.717, 1.165) is 57.8 Å². The van der Waals surface area contributed by atoms with Crippen molar-refractivity contribution in [2.45, 2.75) is 232 Å². The smallest absolute Gasteiger partial charge is 0.362 e. The summed E-state index contributed by atoms with van der Waals surface area (Å²) < 4.78 is 11.0. The Balaban J connectivity index is 4.49. The number of carbonyl (C=O) groups excluding carboxylic acids is 2. The molecule has 0 spiro atoms. The van der Waals surface area contributed by atoms with Crippen LogP contribution in [0.2, 0.25) is 0 Å². The first kappa shape index (κ1) is 44.4. The number of aliphatic carboxylic acids is 1. The Bertz CT molecular complexity index is 708. The molecule has 272 valence electrons. The minimum absolute atomic E-state index is 0.0290. The van der Waals surface area contributed by atoms with Crippen LogP contribution in [-0.2, 0) is 23.9 Å². The summed E-state index contributed by atoms with van der Waals surface area (Å²) in [6, 6.07) is 0. The minimum Gasteiger partial charge on any atom is -0.478 e. The van der Waals surface area contributed by atoms with Crippen LogP contribution in [0.3, 0.4) is 0 Å². The molecule has 6 heteroatoms. The topological polar surface area (TPSA) is 89.9 Å². The van der Waals surface area contributed by atoms with Crippen LogP contribution in [0.5, 0.6) is 0 Å². The number of rotatable bonds is 36. The zero-order valence-corrected chi connectivity index (χ0v) is 30.8. The van der Waals surface area contributed by atoms with Crippen LogP contribution in [-0.4, -0.2) is 35.2 Å². The van der Waals surface area contributed by atoms with Gasteiger partial charge < -0.3 is 14.6 Å². The molecule has 1 N–H and O–H groups in total. The highest BCUT2D eigenvalue weighted by molar-refractivity contribution is 6.04. The molecule has 6 nitrogen and oxygen atoms in total. The van der Waals surface area contributed by atoms with Crippen molar-refractivity contribution in [3.63, 3.8) is 0 Å². The summed E-state index contributed by atoms with van der Waals surface area (Å²) in [6.07, 6.45) is 34.6. The molecule has 0 aliphatic carbocycles. The van der Waals surface area contributed by atoms with Crippen LogP contribution in [0.25, 0.3) is 0 Å². The van der Waals surface area contributed by atoms with E-state index in [1.807, 2.05) is 0 Å². The van der Waals surface area contributed by atoms with E-state index in [1.165, 1.54) is 116 Å². The fraction of sp³-hybridized carbons (Fsp3) is 0.925. The fourth-order valence-electron chi connectivity index (χ4n) is 6.17. The van der Waals surface area contributed by atoms with Crippen LogP contribution in [0.4, 0.5) is 0 Å². The van der Waals surface area contributed by atoms with Crippen molar-refractivity contribution < 1.29 is 29.0 Å². The average molecular weight is 653 g/mol. The van der Waals surface area contributed by atoms with E-state index in [-0.39, 0.29) is 19.4 Å². The van der Waals surface area contributed by atoms with Crippen molar-refractivity contribution in [1.29, 1.82) is 0 Å². The van der Waals surface area contributed by atoms with E-state index in [2.05, 4.69) is 20.8 Å².